The molecular weight excluding hydrogens is 332 g/mol. The summed E-state index contributed by atoms with van der Waals surface area (Å²) in [7, 11) is -2.07. The molecule has 1 unspecified atom stereocenters. The lowest BCUT2D eigenvalue weighted by Crippen LogP contribution is -2.26. The van der Waals surface area contributed by atoms with Crippen molar-refractivity contribution in [3.05, 3.63) is 48.0 Å². The van der Waals surface area contributed by atoms with Crippen molar-refractivity contribution in [2.24, 2.45) is 0 Å². The molecule has 0 aliphatic carbocycles. The van der Waals surface area contributed by atoms with Crippen LogP contribution in [-0.4, -0.2) is 42.6 Å². The normalized spacial score (nSPS) is 12.5. The number of nitrogens with zero attached hydrogens (tertiary/aromatic N) is 4. The van der Waals surface area contributed by atoms with E-state index in [-0.39, 0.29) is 5.95 Å². The molecule has 8 nitrogen and oxygen atoms in total. The Morgan fingerprint density at radius 2 is 1.83 bits per heavy atom. The molecular formula is C15H18N4O4S. The number of sulfonamides is 1. The van der Waals surface area contributed by atoms with Gasteiger partial charge in [0.2, 0.25) is 16.0 Å². The van der Waals surface area contributed by atoms with Gasteiger partial charge in [-0.2, -0.15) is 0 Å². The minimum absolute atomic E-state index is 0.0524. The Bertz CT molecular complexity index is 794. The first kappa shape index (κ1) is 17.8. The summed E-state index contributed by atoms with van der Waals surface area (Å²) in [5.41, 5.74) is 0.989. The van der Waals surface area contributed by atoms with E-state index in [9.17, 15) is 13.2 Å². The first-order valence-corrected chi connectivity index (χ1v) is 9.04. The second-order valence-electron chi connectivity index (χ2n) is 5.08. The van der Waals surface area contributed by atoms with Crippen LogP contribution in [0.15, 0.2) is 36.9 Å². The van der Waals surface area contributed by atoms with Crippen LogP contribution in [0, 0.1) is 0 Å². The van der Waals surface area contributed by atoms with Crippen molar-refractivity contribution in [1.82, 2.24) is 15.0 Å². The zero-order chi connectivity index (χ0) is 17.7. The fourth-order valence-corrected chi connectivity index (χ4v) is 2.27. The Morgan fingerprint density at radius 3 is 2.33 bits per heavy atom. The smallest absolute Gasteiger partial charge is 0.338 e. The molecule has 0 aliphatic rings. The first-order valence-electron chi connectivity index (χ1n) is 7.19. The lowest BCUT2D eigenvalue weighted by Gasteiger charge is -2.18. The third-order valence-corrected chi connectivity index (χ3v) is 4.50. The zero-order valence-corrected chi connectivity index (χ0v) is 14.4. The number of rotatable bonds is 6. The third kappa shape index (κ3) is 4.25. The summed E-state index contributed by atoms with van der Waals surface area (Å²) in [6.07, 6.45) is 7.00. The number of hydrogen-bond donors (Lipinski definition) is 0. The molecule has 0 saturated heterocycles. The predicted octanol–water partition coefficient (Wildman–Crippen LogP) is 1.58. The number of hydrogen-bond acceptors (Lipinski definition) is 7. The van der Waals surface area contributed by atoms with Crippen molar-refractivity contribution in [2.75, 3.05) is 17.6 Å². The molecule has 0 saturated carbocycles. The zero-order valence-electron chi connectivity index (χ0n) is 13.6. The maximum absolute atomic E-state index is 12.1. The Balaban J connectivity index is 2.15. The minimum Gasteiger partial charge on any atom is -0.454 e. The number of carbonyl (C=O) groups excluding carboxylic acids is 1. The van der Waals surface area contributed by atoms with Crippen LogP contribution >= 0.6 is 0 Å². The van der Waals surface area contributed by atoms with E-state index in [4.69, 9.17) is 4.74 Å². The maximum Gasteiger partial charge on any atom is 0.338 e. The molecule has 2 heterocycles. The van der Waals surface area contributed by atoms with Crippen LogP contribution in [-0.2, 0) is 14.8 Å². The molecule has 2 rings (SSSR count). The standard InChI is InChI=1S/C15H18N4O4S/c1-4-13(23-14(20)11-5-7-16-8-6-11)12-9-17-15(18-10-12)19(2)24(3,21)22/h5-10,13H,4H2,1-3H3. The van der Waals surface area contributed by atoms with Crippen molar-refractivity contribution < 1.29 is 17.9 Å². The SMILES string of the molecule is CCC(OC(=O)c1ccncc1)c1cnc(N(C)S(C)(=O)=O)nc1. The average molecular weight is 350 g/mol. The van der Waals surface area contributed by atoms with Gasteiger partial charge in [-0.1, -0.05) is 6.92 Å². The average Bonchev–Trinajstić information content (AvgIpc) is 2.59. The number of ether oxygens (including phenoxy) is 1. The summed E-state index contributed by atoms with van der Waals surface area (Å²) in [4.78, 5) is 24.0. The summed E-state index contributed by atoms with van der Waals surface area (Å²) < 4.78 is 29.4. The number of pyridine rings is 1. The van der Waals surface area contributed by atoms with Crippen LogP contribution in [0.1, 0.15) is 35.4 Å². The van der Waals surface area contributed by atoms with Crippen LogP contribution < -0.4 is 4.31 Å². The number of aromatic nitrogens is 3. The third-order valence-electron chi connectivity index (χ3n) is 3.35. The van der Waals surface area contributed by atoms with Gasteiger partial charge >= 0.3 is 5.97 Å². The van der Waals surface area contributed by atoms with Crippen LogP contribution in [0.5, 0.6) is 0 Å². The molecule has 1 atom stereocenters. The summed E-state index contributed by atoms with van der Waals surface area (Å²) in [5, 5.41) is 0. The Labute approximate surface area is 140 Å². The van der Waals surface area contributed by atoms with E-state index in [1.54, 1.807) is 12.1 Å². The lowest BCUT2D eigenvalue weighted by atomic mass is 10.1. The van der Waals surface area contributed by atoms with Gasteiger partial charge < -0.3 is 4.74 Å². The van der Waals surface area contributed by atoms with E-state index >= 15 is 0 Å². The largest absolute Gasteiger partial charge is 0.454 e. The second-order valence-corrected chi connectivity index (χ2v) is 7.10. The summed E-state index contributed by atoms with van der Waals surface area (Å²) in [6, 6.07) is 3.13. The van der Waals surface area contributed by atoms with E-state index in [0.717, 1.165) is 10.6 Å². The molecule has 0 radical (unpaired) electrons. The first-order chi connectivity index (χ1) is 11.3. The van der Waals surface area contributed by atoms with Crippen molar-refractivity contribution in [3.8, 4) is 0 Å². The quantitative estimate of drug-likeness (QED) is 0.729. The lowest BCUT2D eigenvalue weighted by molar-refractivity contribution is 0.0286. The predicted molar refractivity (Wildman–Crippen MR) is 88.0 cm³/mol. The maximum atomic E-state index is 12.1. The van der Waals surface area contributed by atoms with E-state index in [0.29, 0.717) is 17.5 Å². The van der Waals surface area contributed by atoms with Gasteiger partial charge in [0.05, 0.1) is 11.8 Å². The van der Waals surface area contributed by atoms with Crippen molar-refractivity contribution in [3.63, 3.8) is 0 Å². The molecule has 0 fully saturated rings. The fourth-order valence-electron chi connectivity index (χ4n) is 1.88. The number of carbonyl (C=O) groups is 1. The Hall–Kier alpha value is -2.55. The Kier molecular flexibility index (Phi) is 5.45. The van der Waals surface area contributed by atoms with Crippen LogP contribution in [0.25, 0.3) is 0 Å². The van der Waals surface area contributed by atoms with Gasteiger partial charge in [-0.15, -0.1) is 0 Å². The monoisotopic (exact) mass is 350 g/mol. The molecule has 0 N–H and O–H groups in total. The van der Waals surface area contributed by atoms with E-state index in [2.05, 4.69) is 15.0 Å². The highest BCUT2D eigenvalue weighted by molar-refractivity contribution is 7.92. The minimum atomic E-state index is -3.43. The van der Waals surface area contributed by atoms with Gasteiger partial charge in [-0.3, -0.25) is 4.98 Å². The van der Waals surface area contributed by atoms with Gasteiger partial charge in [-0.05, 0) is 18.6 Å². The van der Waals surface area contributed by atoms with Gasteiger partial charge in [-0.25, -0.2) is 27.5 Å². The summed E-state index contributed by atoms with van der Waals surface area (Å²) in [5.74, 6) is -0.418. The molecule has 0 amide bonds. The molecule has 2 aromatic rings. The molecule has 0 bridgehead atoms. The van der Waals surface area contributed by atoms with Gasteiger partial charge in [0.25, 0.3) is 0 Å². The van der Waals surface area contributed by atoms with Crippen LogP contribution in [0.2, 0.25) is 0 Å². The second kappa shape index (κ2) is 7.35. The summed E-state index contributed by atoms with van der Waals surface area (Å²) >= 11 is 0. The van der Waals surface area contributed by atoms with Crippen molar-refractivity contribution >= 4 is 21.9 Å². The fraction of sp³-hybridized carbons (Fsp3) is 0.333. The highest BCUT2D eigenvalue weighted by atomic mass is 32.2. The van der Waals surface area contributed by atoms with Gasteiger partial charge in [0, 0.05) is 37.4 Å². The van der Waals surface area contributed by atoms with Crippen molar-refractivity contribution in [1.29, 1.82) is 0 Å². The number of esters is 1. The molecule has 9 heteroatoms. The molecule has 0 spiro atoms. The molecule has 0 aromatic carbocycles. The van der Waals surface area contributed by atoms with E-state index < -0.39 is 22.1 Å². The highest BCUT2D eigenvalue weighted by Gasteiger charge is 2.19. The van der Waals surface area contributed by atoms with E-state index in [1.807, 2.05) is 6.92 Å². The molecule has 24 heavy (non-hydrogen) atoms. The van der Waals surface area contributed by atoms with Gasteiger partial charge in [0.15, 0.2) is 0 Å². The topological polar surface area (TPSA) is 102 Å². The van der Waals surface area contributed by atoms with Gasteiger partial charge in [0.1, 0.15) is 6.10 Å². The molecule has 0 aliphatic heterocycles. The Morgan fingerprint density at radius 1 is 1.25 bits per heavy atom. The van der Waals surface area contributed by atoms with Crippen LogP contribution in [0.4, 0.5) is 5.95 Å². The highest BCUT2D eigenvalue weighted by Crippen LogP contribution is 2.22. The van der Waals surface area contributed by atoms with Crippen LogP contribution in [0.3, 0.4) is 0 Å². The van der Waals surface area contributed by atoms with Crippen molar-refractivity contribution in [2.45, 2.75) is 19.4 Å². The summed E-state index contributed by atoms with van der Waals surface area (Å²) in [6.45, 7) is 1.86. The molecule has 2 aromatic heterocycles. The molecule has 128 valence electrons. The number of anilines is 1. The van der Waals surface area contributed by atoms with E-state index in [1.165, 1.54) is 31.8 Å².